The maximum absolute atomic E-state index is 12.7. The largest absolute Gasteiger partial charge is 0.381 e. The number of amides is 2. The van der Waals surface area contributed by atoms with Crippen LogP contribution in [0, 0.1) is 5.92 Å². The van der Waals surface area contributed by atoms with Crippen molar-refractivity contribution in [3.05, 3.63) is 30.1 Å². The molecular formula is C20H30N4O3. The molecular weight excluding hydrogens is 344 g/mol. The maximum Gasteiger partial charge on any atom is 0.237 e. The van der Waals surface area contributed by atoms with E-state index in [4.69, 9.17) is 4.74 Å². The van der Waals surface area contributed by atoms with Gasteiger partial charge >= 0.3 is 0 Å². The van der Waals surface area contributed by atoms with Gasteiger partial charge in [0.15, 0.2) is 0 Å². The fourth-order valence-corrected chi connectivity index (χ4v) is 3.73. The van der Waals surface area contributed by atoms with Crippen molar-refractivity contribution < 1.29 is 14.3 Å². The summed E-state index contributed by atoms with van der Waals surface area (Å²) < 4.78 is 5.39. The van der Waals surface area contributed by atoms with Crippen LogP contribution in [0.2, 0.25) is 0 Å². The quantitative estimate of drug-likeness (QED) is 0.772. The van der Waals surface area contributed by atoms with Crippen molar-refractivity contribution in [2.24, 2.45) is 5.92 Å². The first kappa shape index (κ1) is 19.8. The first-order valence-corrected chi connectivity index (χ1v) is 9.87. The van der Waals surface area contributed by atoms with Gasteiger partial charge in [-0.25, -0.2) is 0 Å². The summed E-state index contributed by atoms with van der Waals surface area (Å²) in [7, 11) is 1.84. The van der Waals surface area contributed by atoms with Gasteiger partial charge in [0, 0.05) is 52.6 Å². The van der Waals surface area contributed by atoms with Crippen molar-refractivity contribution in [3.63, 3.8) is 0 Å². The highest BCUT2D eigenvalue weighted by Crippen LogP contribution is 2.19. The molecule has 2 amide bonds. The van der Waals surface area contributed by atoms with E-state index >= 15 is 0 Å². The van der Waals surface area contributed by atoms with Crippen molar-refractivity contribution in [1.82, 2.24) is 20.1 Å². The Hall–Kier alpha value is -1.99. The molecule has 1 N–H and O–H groups in total. The molecule has 7 nitrogen and oxygen atoms in total. The van der Waals surface area contributed by atoms with E-state index in [9.17, 15) is 9.59 Å². The van der Waals surface area contributed by atoms with Crippen LogP contribution >= 0.6 is 0 Å². The van der Waals surface area contributed by atoms with Gasteiger partial charge in [0.1, 0.15) is 0 Å². The van der Waals surface area contributed by atoms with Crippen LogP contribution in [-0.2, 0) is 20.9 Å². The highest BCUT2D eigenvalue weighted by atomic mass is 16.5. The molecule has 2 fully saturated rings. The van der Waals surface area contributed by atoms with Gasteiger partial charge in [-0.2, -0.15) is 0 Å². The van der Waals surface area contributed by atoms with E-state index in [2.05, 4.69) is 15.2 Å². The summed E-state index contributed by atoms with van der Waals surface area (Å²) in [5.41, 5.74) is 0.914. The van der Waals surface area contributed by atoms with Crippen LogP contribution in [0.3, 0.4) is 0 Å². The summed E-state index contributed by atoms with van der Waals surface area (Å²) in [5.74, 6) is 0.589. The molecule has 0 saturated carbocycles. The summed E-state index contributed by atoms with van der Waals surface area (Å²) in [6.07, 6.45) is 5.11. The number of aromatic nitrogens is 1. The van der Waals surface area contributed by atoms with Gasteiger partial charge in [-0.3, -0.25) is 19.5 Å². The summed E-state index contributed by atoms with van der Waals surface area (Å²) >= 11 is 0. The van der Waals surface area contributed by atoms with Crippen LogP contribution in [-0.4, -0.2) is 72.5 Å². The monoisotopic (exact) mass is 374 g/mol. The van der Waals surface area contributed by atoms with E-state index < -0.39 is 6.04 Å². The minimum atomic E-state index is -0.432. The Morgan fingerprint density at radius 2 is 2.19 bits per heavy atom. The third-order valence-electron chi connectivity index (χ3n) is 5.54. The smallest absolute Gasteiger partial charge is 0.237 e. The number of carbonyl (C=O) groups is 2. The minimum absolute atomic E-state index is 0.0233. The van der Waals surface area contributed by atoms with E-state index in [-0.39, 0.29) is 18.2 Å². The predicted octanol–water partition coefficient (Wildman–Crippen LogP) is 1.05. The lowest BCUT2D eigenvalue weighted by atomic mass is 9.96. The number of ether oxygens (including phenoxy) is 1. The number of nitrogens with one attached hydrogen (secondary N) is 1. The SMILES string of the molecule is CN(CCC1CCOCC1)C(=O)CC1C(=O)NCCN1Cc1ccccn1. The van der Waals surface area contributed by atoms with Gasteiger partial charge < -0.3 is 15.0 Å². The molecule has 0 spiro atoms. The van der Waals surface area contributed by atoms with Gasteiger partial charge in [-0.05, 0) is 37.3 Å². The molecule has 27 heavy (non-hydrogen) atoms. The molecule has 2 aliphatic heterocycles. The Labute approximate surface area is 161 Å². The van der Waals surface area contributed by atoms with Crippen LogP contribution < -0.4 is 5.32 Å². The molecule has 7 heteroatoms. The molecule has 1 unspecified atom stereocenters. The Balaban J connectivity index is 1.53. The molecule has 1 atom stereocenters. The van der Waals surface area contributed by atoms with E-state index in [1.807, 2.05) is 25.2 Å². The minimum Gasteiger partial charge on any atom is -0.381 e. The van der Waals surface area contributed by atoms with E-state index in [0.29, 0.717) is 19.0 Å². The number of hydrogen-bond donors (Lipinski definition) is 1. The fourth-order valence-electron chi connectivity index (χ4n) is 3.73. The van der Waals surface area contributed by atoms with Crippen molar-refractivity contribution in [2.45, 2.75) is 38.3 Å². The Morgan fingerprint density at radius 1 is 1.37 bits per heavy atom. The Kier molecular flexibility index (Phi) is 7.18. The Morgan fingerprint density at radius 3 is 2.93 bits per heavy atom. The average molecular weight is 374 g/mol. The van der Waals surface area contributed by atoms with E-state index in [0.717, 1.165) is 51.3 Å². The predicted molar refractivity (Wildman–Crippen MR) is 102 cm³/mol. The van der Waals surface area contributed by atoms with Crippen LogP contribution in [0.25, 0.3) is 0 Å². The maximum atomic E-state index is 12.7. The second-order valence-electron chi connectivity index (χ2n) is 7.46. The van der Waals surface area contributed by atoms with Crippen molar-refractivity contribution in [1.29, 1.82) is 0 Å². The molecule has 0 radical (unpaired) electrons. The van der Waals surface area contributed by atoms with Gasteiger partial charge in [0.05, 0.1) is 18.2 Å². The van der Waals surface area contributed by atoms with Crippen LogP contribution in [0.1, 0.15) is 31.4 Å². The standard InChI is InChI=1S/C20H30N4O3/c1-23(10-5-16-6-12-27-13-7-16)19(25)14-18-20(26)22-9-11-24(18)15-17-4-2-3-8-21-17/h2-4,8,16,18H,5-7,9-15H2,1H3,(H,22,26). The molecule has 3 heterocycles. The zero-order valence-electron chi connectivity index (χ0n) is 16.1. The number of pyridine rings is 1. The second-order valence-corrected chi connectivity index (χ2v) is 7.46. The second kappa shape index (κ2) is 9.80. The first-order valence-electron chi connectivity index (χ1n) is 9.87. The lowest BCUT2D eigenvalue weighted by Gasteiger charge is -2.35. The highest BCUT2D eigenvalue weighted by Gasteiger charge is 2.32. The summed E-state index contributed by atoms with van der Waals surface area (Å²) in [4.78, 5) is 33.3. The number of piperazine rings is 1. The molecule has 3 rings (SSSR count). The van der Waals surface area contributed by atoms with Crippen LogP contribution in [0.4, 0.5) is 0 Å². The van der Waals surface area contributed by atoms with Gasteiger partial charge in [-0.15, -0.1) is 0 Å². The van der Waals surface area contributed by atoms with Gasteiger partial charge in [0.25, 0.3) is 0 Å². The lowest BCUT2D eigenvalue weighted by Crippen LogP contribution is -2.56. The molecule has 2 aliphatic rings. The summed E-state index contributed by atoms with van der Waals surface area (Å²) in [6.45, 7) is 4.30. The zero-order valence-corrected chi connectivity index (χ0v) is 16.1. The number of carbonyl (C=O) groups excluding carboxylic acids is 2. The van der Waals surface area contributed by atoms with Gasteiger partial charge in [-0.1, -0.05) is 6.07 Å². The number of hydrogen-bond acceptors (Lipinski definition) is 5. The molecule has 0 aliphatic carbocycles. The third kappa shape index (κ3) is 5.74. The number of nitrogens with zero attached hydrogens (tertiary/aromatic N) is 3. The zero-order chi connectivity index (χ0) is 19.1. The normalized spacial score (nSPS) is 21.7. The molecule has 0 aromatic carbocycles. The lowest BCUT2D eigenvalue weighted by molar-refractivity contribution is -0.138. The summed E-state index contributed by atoms with van der Waals surface area (Å²) in [5, 5.41) is 2.89. The van der Waals surface area contributed by atoms with Crippen LogP contribution in [0.5, 0.6) is 0 Å². The highest BCUT2D eigenvalue weighted by molar-refractivity contribution is 5.88. The van der Waals surface area contributed by atoms with E-state index in [1.54, 1.807) is 11.1 Å². The Bertz CT molecular complexity index is 619. The first-order chi connectivity index (χ1) is 13.1. The molecule has 1 aromatic rings. The third-order valence-corrected chi connectivity index (χ3v) is 5.54. The van der Waals surface area contributed by atoms with Crippen molar-refractivity contribution >= 4 is 11.8 Å². The molecule has 1 aromatic heterocycles. The molecule has 148 valence electrons. The fraction of sp³-hybridized carbons (Fsp3) is 0.650. The van der Waals surface area contributed by atoms with E-state index in [1.165, 1.54) is 0 Å². The van der Waals surface area contributed by atoms with Crippen molar-refractivity contribution in [2.75, 3.05) is 39.9 Å². The van der Waals surface area contributed by atoms with Gasteiger partial charge in [0.2, 0.25) is 11.8 Å². The number of rotatable bonds is 7. The summed E-state index contributed by atoms with van der Waals surface area (Å²) in [6, 6.07) is 5.34. The topological polar surface area (TPSA) is 74.8 Å². The molecule has 2 saturated heterocycles. The van der Waals surface area contributed by atoms with Crippen molar-refractivity contribution in [3.8, 4) is 0 Å². The molecule has 0 bridgehead atoms. The van der Waals surface area contributed by atoms with Crippen LogP contribution in [0.15, 0.2) is 24.4 Å². The average Bonchev–Trinajstić information content (AvgIpc) is 2.70.